The minimum Gasteiger partial charge on any atom is -0.444 e. The van der Waals surface area contributed by atoms with Gasteiger partial charge in [0.1, 0.15) is 5.60 Å². The minimum atomic E-state index is -0.428. The predicted molar refractivity (Wildman–Crippen MR) is 65.4 cm³/mol. The maximum Gasteiger partial charge on any atom is 0.411 e. The molecule has 0 saturated carbocycles. The molecule has 0 atom stereocenters. The second-order valence-electron chi connectivity index (χ2n) is 5.88. The SMILES string of the molecule is CCC1=CC(C)(C)N(C(=O)OC(C)(C)C)C1. The van der Waals surface area contributed by atoms with Gasteiger partial charge in [-0.3, -0.25) is 4.90 Å². The molecular weight excluding hydrogens is 202 g/mol. The molecule has 1 aliphatic rings. The van der Waals surface area contributed by atoms with Crippen molar-refractivity contribution in [1.29, 1.82) is 0 Å². The Kier molecular flexibility index (Phi) is 3.36. The van der Waals surface area contributed by atoms with Crippen molar-refractivity contribution in [1.82, 2.24) is 4.90 Å². The van der Waals surface area contributed by atoms with Crippen LogP contribution in [0.1, 0.15) is 48.0 Å². The summed E-state index contributed by atoms with van der Waals surface area (Å²) in [6.45, 7) is 12.6. The lowest BCUT2D eigenvalue weighted by Crippen LogP contribution is -2.45. The van der Waals surface area contributed by atoms with Gasteiger partial charge in [-0.1, -0.05) is 18.6 Å². The van der Waals surface area contributed by atoms with Gasteiger partial charge in [0.25, 0.3) is 0 Å². The summed E-state index contributed by atoms with van der Waals surface area (Å²) in [6.07, 6.45) is 2.93. The van der Waals surface area contributed by atoms with Gasteiger partial charge in [-0.15, -0.1) is 0 Å². The first-order chi connectivity index (χ1) is 7.15. The highest BCUT2D eigenvalue weighted by atomic mass is 16.6. The lowest BCUT2D eigenvalue weighted by Gasteiger charge is -2.33. The van der Waals surface area contributed by atoms with Crippen molar-refractivity contribution in [3.63, 3.8) is 0 Å². The maximum atomic E-state index is 12.0. The number of rotatable bonds is 1. The Morgan fingerprint density at radius 2 is 2.06 bits per heavy atom. The molecule has 0 aromatic rings. The largest absolute Gasteiger partial charge is 0.444 e. The maximum absolute atomic E-state index is 12.0. The zero-order chi connectivity index (χ0) is 12.6. The van der Waals surface area contributed by atoms with E-state index in [1.54, 1.807) is 4.90 Å². The van der Waals surface area contributed by atoms with Crippen LogP contribution in [0.15, 0.2) is 11.6 Å². The van der Waals surface area contributed by atoms with Crippen molar-refractivity contribution in [2.24, 2.45) is 0 Å². The fourth-order valence-corrected chi connectivity index (χ4v) is 1.86. The average Bonchev–Trinajstić information content (AvgIpc) is 2.37. The molecule has 0 aromatic heterocycles. The molecule has 1 amide bonds. The first kappa shape index (κ1) is 13.1. The lowest BCUT2D eigenvalue weighted by molar-refractivity contribution is 0.0160. The van der Waals surface area contributed by atoms with E-state index in [9.17, 15) is 4.79 Å². The molecular formula is C13H23NO2. The van der Waals surface area contributed by atoms with Crippen LogP contribution in [0.25, 0.3) is 0 Å². The first-order valence-electron chi connectivity index (χ1n) is 5.87. The molecule has 3 heteroatoms. The van der Waals surface area contributed by atoms with E-state index in [4.69, 9.17) is 4.74 Å². The Balaban J connectivity index is 2.74. The number of hydrogen-bond donors (Lipinski definition) is 0. The normalized spacial score (nSPS) is 19.6. The van der Waals surface area contributed by atoms with E-state index >= 15 is 0 Å². The number of amides is 1. The van der Waals surface area contributed by atoms with Crippen LogP contribution >= 0.6 is 0 Å². The summed E-state index contributed by atoms with van der Waals surface area (Å²) in [7, 11) is 0. The molecule has 1 aliphatic heterocycles. The minimum absolute atomic E-state index is 0.225. The Morgan fingerprint density at radius 1 is 1.50 bits per heavy atom. The van der Waals surface area contributed by atoms with E-state index in [2.05, 4.69) is 13.0 Å². The molecule has 0 aromatic carbocycles. The van der Waals surface area contributed by atoms with E-state index in [1.807, 2.05) is 34.6 Å². The van der Waals surface area contributed by atoms with Crippen molar-refractivity contribution < 1.29 is 9.53 Å². The van der Waals surface area contributed by atoms with Crippen LogP contribution < -0.4 is 0 Å². The number of ether oxygens (including phenoxy) is 1. The summed E-state index contributed by atoms with van der Waals surface area (Å²) in [5, 5.41) is 0. The van der Waals surface area contributed by atoms with Crippen molar-refractivity contribution in [3.8, 4) is 0 Å². The van der Waals surface area contributed by atoms with Gasteiger partial charge >= 0.3 is 6.09 Å². The van der Waals surface area contributed by atoms with E-state index in [1.165, 1.54) is 5.57 Å². The highest BCUT2D eigenvalue weighted by Crippen LogP contribution is 2.29. The molecule has 1 heterocycles. The van der Waals surface area contributed by atoms with Gasteiger partial charge in [0.05, 0.1) is 5.54 Å². The molecule has 0 fully saturated rings. The van der Waals surface area contributed by atoms with Gasteiger partial charge in [0.15, 0.2) is 0 Å². The summed E-state index contributed by atoms with van der Waals surface area (Å²) in [4.78, 5) is 13.8. The monoisotopic (exact) mass is 225 g/mol. The Morgan fingerprint density at radius 3 is 2.44 bits per heavy atom. The van der Waals surface area contributed by atoms with Crippen LogP contribution in [-0.2, 0) is 4.74 Å². The Hall–Kier alpha value is -0.990. The van der Waals surface area contributed by atoms with Gasteiger partial charge in [-0.25, -0.2) is 4.79 Å². The van der Waals surface area contributed by atoms with E-state index in [0.29, 0.717) is 6.54 Å². The number of carbonyl (C=O) groups excluding carboxylic acids is 1. The Labute approximate surface area is 98.5 Å². The fraction of sp³-hybridized carbons (Fsp3) is 0.769. The summed E-state index contributed by atoms with van der Waals surface area (Å²) in [6, 6.07) is 0. The zero-order valence-corrected chi connectivity index (χ0v) is 11.3. The molecule has 0 radical (unpaired) electrons. The van der Waals surface area contributed by atoms with Crippen LogP contribution in [0.3, 0.4) is 0 Å². The van der Waals surface area contributed by atoms with E-state index in [-0.39, 0.29) is 11.6 Å². The first-order valence-corrected chi connectivity index (χ1v) is 5.87. The van der Waals surface area contributed by atoms with Gasteiger partial charge in [0.2, 0.25) is 0 Å². The van der Waals surface area contributed by atoms with Gasteiger partial charge in [-0.2, -0.15) is 0 Å². The van der Waals surface area contributed by atoms with Crippen molar-refractivity contribution >= 4 is 6.09 Å². The molecule has 0 spiro atoms. The van der Waals surface area contributed by atoms with Crippen LogP contribution in [0, 0.1) is 0 Å². The second kappa shape index (κ2) is 4.11. The number of nitrogens with zero attached hydrogens (tertiary/aromatic N) is 1. The third-order valence-corrected chi connectivity index (χ3v) is 2.68. The average molecular weight is 225 g/mol. The highest BCUT2D eigenvalue weighted by Gasteiger charge is 2.37. The molecule has 16 heavy (non-hydrogen) atoms. The van der Waals surface area contributed by atoms with Crippen LogP contribution in [0.4, 0.5) is 4.79 Å². The molecule has 0 unspecified atom stereocenters. The fourth-order valence-electron chi connectivity index (χ4n) is 1.86. The number of hydrogen-bond acceptors (Lipinski definition) is 2. The molecule has 0 aliphatic carbocycles. The third kappa shape index (κ3) is 3.00. The van der Waals surface area contributed by atoms with Crippen LogP contribution in [0.2, 0.25) is 0 Å². The van der Waals surface area contributed by atoms with Crippen LogP contribution in [0.5, 0.6) is 0 Å². The van der Waals surface area contributed by atoms with Gasteiger partial charge < -0.3 is 4.74 Å². The molecule has 92 valence electrons. The zero-order valence-electron chi connectivity index (χ0n) is 11.3. The molecule has 0 bridgehead atoms. The summed E-state index contributed by atoms with van der Waals surface area (Å²) in [5.41, 5.74) is 0.645. The molecule has 0 saturated heterocycles. The highest BCUT2D eigenvalue weighted by molar-refractivity contribution is 5.71. The summed E-state index contributed by atoms with van der Waals surface area (Å²) >= 11 is 0. The van der Waals surface area contributed by atoms with Crippen molar-refractivity contribution in [3.05, 3.63) is 11.6 Å². The predicted octanol–water partition coefficient (Wildman–Crippen LogP) is 3.35. The quantitative estimate of drug-likeness (QED) is 0.640. The van der Waals surface area contributed by atoms with Crippen molar-refractivity contribution in [2.45, 2.75) is 59.1 Å². The second-order valence-corrected chi connectivity index (χ2v) is 5.88. The molecule has 0 N–H and O–H groups in total. The van der Waals surface area contributed by atoms with Crippen LogP contribution in [-0.4, -0.2) is 28.7 Å². The lowest BCUT2D eigenvalue weighted by atomic mass is 10.1. The topological polar surface area (TPSA) is 29.5 Å². The number of carbonyl (C=O) groups is 1. The molecule has 3 nitrogen and oxygen atoms in total. The molecule has 1 rings (SSSR count). The van der Waals surface area contributed by atoms with E-state index in [0.717, 1.165) is 6.42 Å². The standard InChI is InChI=1S/C13H23NO2/c1-7-10-8-13(5,6)14(9-10)11(15)16-12(2,3)4/h8H,7,9H2,1-6H3. The third-order valence-electron chi connectivity index (χ3n) is 2.68. The smallest absolute Gasteiger partial charge is 0.411 e. The van der Waals surface area contributed by atoms with Crippen molar-refractivity contribution in [2.75, 3.05) is 6.54 Å². The van der Waals surface area contributed by atoms with E-state index < -0.39 is 5.60 Å². The van der Waals surface area contributed by atoms with Gasteiger partial charge in [0, 0.05) is 6.54 Å². The van der Waals surface area contributed by atoms with Gasteiger partial charge in [-0.05, 0) is 41.0 Å². The summed E-state index contributed by atoms with van der Waals surface area (Å²) in [5.74, 6) is 0. The summed E-state index contributed by atoms with van der Waals surface area (Å²) < 4.78 is 5.40. The Bertz CT molecular complexity index is 310.